The lowest BCUT2D eigenvalue weighted by Crippen LogP contribution is -2.49. The van der Waals surface area contributed by atoms with Crippen molar-refractivity contribution in [1.29, 1.82) is 0 Å². The van der Waals surface area contributed by atoms with E-state index in [0.29, 0.717) is 13.0 Å². The summed E-state index contributed by atoms with van der Waals surface area (Å²) in [5.41, 5.74) is 1.37. The zero-order valence-corrected chi connectivity index (χ0v) is 14.7. The molecule has 2 N–H and O–H groups in total. The van der Waals surface area contributed by atoms with Crippen LogP contribution in [0.5, 0.6) is 0 Å². The van der Waals surface area contributed by atoms with Crippen LogP contribution >= 0.6 is 0 Å². The molecule has 1 amide bonds. The van der Waals surface area contributed by atoms with Crippen LogP contribution in [0.25, 0.3) is 0 Å². The number of rotatable bonds is 4. The summed E-state index contributed by atoms with van der Waals surface area (Å²) >= 11 is 0. The minimum Gasteiger partial charge on any atom is -0.393 e. The van der Waals surface area contributed by atoms with Crippen molar-refractivity contribution in [1.82, 2.24) is 10.2 Å². The first-order chi connectivity index (χ1) is 11.6. The van der Waals surface area contributed by atoms with E-state index in [1.54, 1.807) is 0 Å². The molecule has 0 radical (unpaired) electrons. The Bertz CT molecular complexity index is 538. The van der Waals surface area contributed by atoms with Crippen molar-refractivity contribution < 1.29 is 9.90 Å². The highest BCUT2D eigenvalue weighted by atomic mass is 16.3. The van der Waals surface area contributed by atoms with Crippen LogP contribution in [0.4, 0.5) is 0 Å². The van der Waals surface area contributed by atoms with Gasteiger partial charge in [-0.15, -0.1) is 0 Å². The molecule has 1 saturated heterocycles. The summed E-state index contributed by atoms with van der Waals surface area (Å²) in [4.78, 5) is 15.0. The molecule has 2 fully saturated rings. The van der Waals surface area contributed by atoms with Crippen molar-refractivity contribution in [3.63, 3.8) is 0 Å². The maximum Gasteiger partial charge on any atom is 0.223 e. The fourth-order valence-corrected chi connectivity index (χ4v) is 4.21. The molecule has 2 atom stereocenters. The Morgan fingerprint density at radius 3 is 2.62 bits per heavy atom. The minimum absolute atomic E-state index is 0.0205. The van der Waals surface area contributed by atoms with Gasteiger partial charge in [-0.3, -0.25) is 4.79 Å². The molecule has 0 unspecified atom stereocenters. The van der Waals surface area contributed by atoms with Gasteiger partial charge in [-0.05, 0) is 57.8 Å². The Hall–Kier alpha value is -1.39. The monoisotopic (exact) mass is 330 g/mol. The fourth-order valence-electron chi connectivity index (χ4n) is 4.21. The molecular weight excluding hydrogens is 300 g/mol. The highest BCUT2D eigenvalue weighted by Crippen LogP contribution is 2.35. The van der Waals surface area contributed by atoms with Gasteiger partial charge in [0.2, 0.25) is 5.91 Å². The van der Waals surface area contributed by atoms with Crippen LogP contribution in [0.3, 0.4) is 0 Å². The maximum absolute atomic E-state index is 12.6. The van der Waals surface area contributed by atoms with Gasteiger partial charge in [0.1, 0.15) is 0 Å². The molecule has 4 heteroatoms. The number of carbonyl (C=O) groups is 1. The summed E-state index contributed by atoms with van der Waals surface area (Å²) in [6.07, 6.45) is 5.15. The third-order valence-corrected chi connectivity index (χ3v) is 5.95. The number of hydrogen-bond acceptors (Lipinski definition) is 3. The molecule has 2 aliphatic rings. The van der Waals surface area contributed by atoms with Gasteiger partial charge in [0, 0.05) is 17.9 Å². The summed E-state index contributed by atoms with van der Waals surface area (Å²) in [5, 5.41) is 13.0. The number of benzene rings is 1. The summed E-state index contributed by atoms with van der Waals surface area (Å²) in [5.74, 6) is 0.107. The van der Waals surface area contributed by atoms with Crippen LogP contribution in [0.1, 0.15) is 44.1 Å². The van der Waals surface area contributed by atoms with Crippen molar-refractivity contribution in [2.24, 2.45) is 5.92 Å². The molecule has 1 saturated carbocycles. The van der Waals surface area contributed by atoms with E-state index in [2.05, 4.69) is 41.5 Å². The summed E-state index contributed by atoms with van der Waals surface area (Å²) in [6.45, 7) is 2.83. The van der Waals surface area contributed by atoms with Gasteiger partial charge in [0.25, 0.3) is 0 Å². The van der Waals surface area contributed by atoms with Crippen LogP contribution in [0, 0.1) is 5.92 Å². The van der Waals surface area contributed by atoms with E-state index >= 15 is 0 Å². The quantitative estimate of drug-likeness (QED) is 0.891. The highest BCUT2D eigenvalue weighted by molar-refractivity contribution is 5.78. The van der Waals surface area contributed by atoms with Crippen molar-refractivity contribution in [3.05, 3.63) is 35.9 Å². The Morgan fingerprint density at radius 1 is 1.25 bits per heavy atom. The van der Waals surface area contributed by atoms with E-state index in [1.807, 2.05) is 6.07 Å². The molecule has 0 spiro atoms. The number of nitrogens with one attached hydrogen (secondary N) is 1. The number of carbonyl (C=O) groups excluding carboxylic acids is 1. The molecular formula is C20H30N2O2. The van der Waals surface area contributed by atoms with Gasteiger partial charge in [-0.1, -0.05) is 36.8 Å². The van der Waals surface area contributed by atoms with Crippen molar-refractivity contribution in [2.75, 3.05) is 26.7 Å². The smallest absolute Gasteiger partial charge is 0.223 e. The van der Waals surface area contributed by atoms with Gasteiger partial charge in [-0.25, -0.2) is 0 Å². The molecule has 1 aliphatic heterocycles. The number of aliphatic hydroxyl groups excluding tert-OH is 1. The van der Waals surface area contributed by atoms with Gasteiger partial charge in [-0.2, -0.15) is 0 Å². The third kappa shape index (κ3) is 3.98. The molecule has 3 rings (SSSR count). The number of aliphatic hydroxyl groups is 1. The molecule has 4 nitrogen and oxygen atoms in total. The van der Waals surface area contributed by atoms with E-state index in [0.717, 1.165) is 45.2 Å². The lowest BCUT2D eigenvalue weighted by Gasteiger charge is -2.41. The minimum atomic E-state index is -0.305. The van der Waals surface area contributed by atoms with Crippen LogP contribution in [0.2, 0.25) is 0 Å². The topological polar surface area (TPSA) is 52.6 Å². The zero-order valence-electron chi connectivity index (χ0n) is 14.7. The number of hydrogen-bond donors (Lipinski definition) is 2. The molecule has 1 aromatic carbocycles. The van der Waals surface area contributed by atoms with Crippen LogP contribution in [-0.4, -0.2) is 48.7 Å². The number of likely N-dealkylation sites (tertiary alicyclic amines) is 1. The Labute approximate surface area is 145 Å². The van der Waals surface area contributed by atoms with E-state index < -0.39 is 0 Å². The second kappa shape index (κ2) is 7.66. The molecule has 1 aromatic rings. The van der Waals surface area contributed by atoms with Crippen LogP contribution in [0.15, 0.2) is 30.3 Å². The van der Waals surface area contributed by atoms with Gasteiger partial charge in [0.05, 0.1) is 6.10 Å². The van der Waals surface area contributed by atoms with E-state index in [4.69, 9.17) is 0 Å². The highest BCUT2D eigenvalue weighted by Gasteiger charge is 2.36. The van der Waals surface area contributed by atoms with E-state index in [9.17, 15) is 9.90 Å². The van der Waals surface area contributed by atoms with Crippen LogP contribution in [-0.2, 0) is 10.2 Å². The van der Waals surface area contributed by atoms with E-state index in [1.165, 1.54) is 5.56 Å². The largest absolute Gasteiger partial charge is 0.393 e. The average Bonchev–Trinajstić information content (AvgIpc) is 2.62. The number of nitrogens with zero attached hydrogens (tertiary/aromatic N) is 1. The molecule has 1 aliphatic carbocycles. The molecule has 1 heterocycles. The van der Waals surface area contributed by atoms with Crippen molar-refractivity contribution >= 4 is 5.91 Å². The molecule has 24 heavy (non-hydrogen) atoms. The standard InChI is InChI=1S/C20H30N2O2/c1-22-12-10-20(11-13-22,17-7-3-2-4-8-17)15-21-19(24)16-6-5-9-18(23)14-16/h2-4,7-8,16,18,23H,5-6,9-15H2,1H3,(H,21,24)/t16-,18-/m1/s1. The molecule has 0 bridgehead atoms. The molecule has 132 valence electrons. The third-order valence-electron chi connectivity index (χ3n) is 5.95. The summed E-state index contributed by atoms with van der Waals surface area (Å²) < 4.78 is 0. The van der Waals surface area contributed by atoms with Gasteiger partial charge < -0.3 is 15.3 Å². The van der Waals surface area contributed by atoms with Crippen LogP contribution < -0.4 is 5.32 Å². The average molecular weight is 330 g/mol. The Balaban J connectivity index is 1.67. The predicted molar refractivity (Wildman–Crippen MR) is 95.8 cm³/mol. The summed E-state index contributed by atoms with van der Waals surface area (Å²) in [6, 6.07) is 10.6. The van der Waals surface area contributed by atoms with E-state index in [-0.39, 0.29) is 23.3 Å². The number of piperidine rings is 1. The number of amides is 1. The second-order valence-electron chi connectivity index (χ2n) is 7.68. The predicted octanol–water partition coefficient (Wildman–Crippen LogP) is 2.32. The lowest BCUT2D eigenvalue weighted by atomic mass is 9.72. The SMILES string of the molecule is CN1CCC(CNC(=O)[C@@H]2CCC[C@@H](O)C2)(c2ccccc2)CC1. The first-order valence-electron chi connectivity index (χ1n) is 9.29. The van der Waals surface area contributed by atoms with Crippen molar-refractivity contribution in [2.45, 2.75) is 50.0 Å². The second-order valence-corrected chi connectivity index (χ2v) is 7.68. The normalized spacial score (nSPS) is 27.6. The Morgan fingerprint density at radius 2 is 1.96 bits per heavy atom. The first kappa shape index (κ1) is 17.4. The van der Waals surface area contributed by atoms with Gasteiger partial charge >= 0.3 is 0 Å². The summed E-state index contributed by atoms with van der Waals surface area (Å²) in [7, 11) is 2.16. The zero-order chi connectivity index (χ0) is 17.0. The molecule has 0 aromatic heterocycles. The fraction of sp³-hybridized carbons (Fsp3) is 0.650. The lowest BCUT2D eigenvalue weighted by molar-refractivity contribution is -0.127. The Kier molecular flexibility index (Phi) is 5.57. The maximum atomic E-state index is 12.6. The first-order valence-corrected chi connectivity index (χ1v) is 9.29. The van der Waals surface area contributed by atoms with Crippen molar-refractivity contribution in [3.8, 4) is 0 Å². The van der Waals surface area contributed by atoms with Gasteiger partial charge in [0.15, 0.2) is 0 Å².